The summed E-state index contributed by atoms with van der Waals surface area (Å²) >= 11 is 0. The van der Waals surface area contributed by atoms with Crippen LogP contribution in [-0.2, 0) is 11.3 Å². The van der Waals surface area contributed by atoms with Crippen molar-refractivity contribution in [1.82, 2.24) is 19.8 Å². The van der Waals surface area contributed by atoms with E-state index in [2.05, 4.69) is 39.0 Å². The van der Waals surface area contributed by atoms with E-state index in [1.165, 1.54) is 32.4 Å². The Morgan fingerprint density at radius 2 is 2.00 bits per heavy atom. The second-order valence-corrected chi connectivity index (χ2v) is 6.73. The average molecular weight is 314 g/mol. The SMILES string of the molecule is c1ccc2[nH]c(CN3CCCC[C@H]3CN3CCOCC3)nc2c1. The number of piperidine rings is 1. The fraction of sp³-hybridized carbons (Fsp3) is 0.611. The molecule has 1 N–H and O–H groups in total. The molecule has 2 fully saturated rings. The first-order chi connectivity index (χ1) is 11.4. The third-order valence-electron chi connectivity index (χ3n) is 5.11. The van der Waals surface area contributed by atoms with Crippen molar-refractivity contribution in [1.29, 1.82) is 0 Å². The van der Waals surface area contributed by atoms with Crippen molar-refractivity contribution in [2.45, 2.75) is 31.8 Å². The van der Waals surface area contributed by atoms with Gasteiger partial charge in [-0.05, 0) is 31.5 Å². The monoisotopic (exact) mass is 314 g/mol. The van der Waals surface area contributed by atoms with Gasteiger partial charge in [0.1, 0.15) is 5.82 Å². The second-order valence-electron chi connectivity index (χ2n) is 6.73. The highest BCUT2D eigenvalue weighted by Crippen LogP contribution is 2.21. The van der Waals surface area contributed by atoms with Gasteiger partial charge in [0, 0.05) is 25.7 Å². The highest BCUT2D eigenvalue weighted by molar-refractivity contribution is 5.74. The number of benzene rings is 1. The fourth-order valence-corrected chi connectivity index (χ4v) is 3.83. The number of aromatic nitrogens is 2. The molecule has 0 saturated carbocycles. The molecule has 0 unspecified atom stereocenters. The quantitative estimate of drug-likeness (QED) is 0.940. The van der Waals surface area contributed by atoms with Gasteiger partial charge in [0.15, 0.2) is 0 Å². The Bertz CT molecular complexity index is 602. The van der Waals surface area contributed by atoms with E-state index in [9.17, 15) is 0 Å². The molecule has 2 saturated heterocycles. The molecule has 5 heteroatoms. The van der Waals surface area contributed by atoms with Gasteiger partial charge >= 0.3 is 0 Å². The summed E-state index contributed by atoms with van der Waals surface area (Å²) in [6, 6.07) is 8.95. The van der Waals surface area contributed by atoms with Gasteiger partial charge in [-0.25, -0.2) is 4.98 Å². The summed E-state index contributed by atoms with van der Waals surface area (Å²) in [6.45, 7) is 7.22. The van der Waals surface area contributed by atoms with E-state index in [0.717, 1.165) is 49.7 Å². The van der Waals surface area contributed by atoms with Crippen LogP contribution in [0.4, 0.5) is 0 Å². The molecule has 124 valence electrons. The molecule has 2 aliphatic heterocycles. The van der Waals surface area contributed by atoms with E-state index < -0.39 is 0 Å². The molecule has 1 atom stereocenters. The van der Waals surface area contributed by atoms with Crippen LogP contribution in [0, 0.1) is 0 Å². The number of nitrogens with zero attached hydrogens (tertiary/aromatic N) is 3. The molecule has 3 heterocycles. The lowest BCUT2D eigenvalue weighted by molar-refractivity contribution is 0.0149. The molecule has 0 radical (unpaired) electrons. The van der Waals surface area contributed by atoms with Crippen LogP contribution in [0.5, 0.6) is 0 Å². The number of nitrogens with one attached hydrogen (secondary N) is 1. The maximum absolute atomic E-state index is 5.47. The molecule has 0 spiro atoms. The Balaban J connectivity index is 1.44. The van der Waals surface area contributed by atoms with Crippen LogP contribution in [-0.4, -0.2) is 65.2 Å². The van der Waals surface area contributed by atoms with Gasteiger partial charge in [0.2, 0.25) is 0 Å². The third kappa shape index (κ3) is 3.57. The normalized spacial score (nSPS) is 24.3. The maximum Gasteiger partial charge on any atom is 0.121 e. The summed E-state index contributed by atoms with van der Waals surface area (Å²) in [6.07, 6.45) is 3.96. The van der Waals surface area contributed by atoms with Crippen molar-refractivity contribution in [2.24, 2.45) is 0 Å². The Hall–Kier alpha value is -1.43. The smallest absolute Gasteiger partial charge is 0.121 e. The van der Waals surface area contributed by atoms with Crippen molar-refractivity contribution in [2.75, 3.05) is 39.4 Å². The second kappa shape index (κ2) is 6.99. The first-order valence-electron chi connectivity index (χ1n) is 8.86. The zero-order valence-electron chi connectivity index (χ0n) is 13.7. The number of imidazole rings is 1. The highest BCUT2D eigenvalue weighted by Gasteiger charge is 2.26. The van der Waals surface area contributed by atoms with Crippen LogP contribution in [0.3, 0.4) is 0 Å². The number of likely N-dealkylation sites (tertiary alicyclic amines) is 1. The molecule has 5 nitrogen and oxygen atoms in total. The minimum atomic E-state index is 0.648. The van der Waals surface area contributed by atoms with Crippen molar-refractivity contribution in [3.63, 3.8) is 0 Å². The molecule has 4 rings (SSSR count). The van der Waals surface area contributed by atoms with Gasteiger partial charge in [-0.2, -0.15) is 0 Å². The summed E-state index contributed by atoms with van der Waals surface area (Å²) in [5.74, 6) is 1.10. The van der Waals surface area contributed by atoms with E-state index in [1.807, 2.05) is 0 Å². The number of aromatic amines is 1. The van der Waals surface area contributed by atoms with Crippen LogP contribution in [0.2, 0.25) is 0 Å². The van der Waals surface area contributed by atoms with Gasteiger partial charge in [-0.15, -0.1) is 0 Å². The summed E-state index contributed by atoms with van der Waals surface area (Å²) < 4.78 is 5.47. The van der Waals surface area contributed by atoms with Gasteiger partial charge in [0.25, 0.3) is 0 Å². The van der Waals surface area contributed by atoms with Crippen molar-refractivity contribution >= 4 is 11.0 Å². The van der Waals surface area contributed by atoms with Gasteiger partial charge < -0.3 is 9.72 Å². The molecule has 1 aromatic heterocycles. The van der Waals surface area contributed by atoms with Crippen molar-refractivity contribution < 1.29 is 4.74 Å². The van der Waals surface area contributed by atoms with E-state index in [-0.39, 0.29) is 0 Å². The molecular weight excluding hydrogens is 288 g/mol. The summed E-state index contributed by atoms with van der Waals surface area (Å²) in [4.78, 5) is 13.4. The number of hydrogen-bond acceptors (Lipinski definition) is 4. The number of rotatable bonds is 4. The minimum Gasteiger partial charge on any atom is -0.379 e. The maximum atomic E-state index is 5.47. The summed E-state index contributed by atoms with van der Waals surface area (Å²) in [5, 5.41) is 0. The van der Waals surface area contributed by atoms with Gasteiger partial charge in [-0.1, -0.05) is 18.6 Å². The lowest BCUT2D eigenvalue weighted by Crippen LogP contribution is -2.49. The summed E-state index contributed by atoms with van der Waals surface area (Å²) in [5.41, 5.74) is 2.22. The number of hydrogen-bond donors (Lipinski definition) is 1. The number of H-pyrrole nitrogens is 1. The first kappa shape index (κ1) is 15.1. The van der Waals surface area contributed by atoms with Crippen LogP contribution in [0.25, 0.3) is 11.0 Å². The Morgan fingerprint density at radius 3 is 2.87 bits per heavy atom. The first-order valence-corrected chi connectivity index (χ1v) is 8.86. The molecule has 2 aliphatic rings. The molecular formula is C18H26N4O. The number of morpholine rings is 1. The summed E-state index contributed by atoms with van der Waals surface area (Å²) in [7, 11) is 0. The van der Waals surface area contributed by atoms with Crippen LogP contribution < -0.4 is 0 Å². The molecule has 0 amide bonds. The zero-order chi connectivity index (χ0) is 15.5. The number of ether oxygens (including phenoxy) is 1. The predicted molar refractivity (Wildman–Crippen MR) is 91.4 cm³/mol. The zero-order valence-corrected chi connectivity index (χ0v) is 13.7. The third-order valence-corrected chi connectivity index (χ3v) is 5.11. The molecule has 0 aliphatic carbocycles. The largest absolute Gasteiger partial charge is 0.379 e. The van der Waals surface area contributed by atoms with E-state index in [4.69, 9.17) is 9.72 Å². The number of para-hydroxylation sites is 2. The molecule has 23 heavy (non-hydrogen) atoms. The molecule has 2 aromatic rings. The average Bonchev–Trinajstić information content (AvgIpc) is 3.00. The highest BCUT2D eigenvalue weighted by atomic mass is 16.5. The van der Waals surface area contributed by atoms with Crippen LogP contribution >= 0.6 is 0 Å². The lowest BCUT2D eigenvalue weighted by atomic mass is 10.0. The lowest BCUT2D eigenvalue weighted by Gasteiger charge is -2.39. The standard InChI is InChI=1S/C18H26N4O/c1-2-7-17-16(6-1)19-18(20-17)14-22-8-4-3-5-15(22)13-21-9-11-23-12-10-21/h1-2,6-7,15H,3-5,8-14H2,(H,19,20)/t15-/m0/s1. The van der Waals surface area contributed by atoms with Crippen molar-refractivity contribution in [3.8, 4) is 0 Å². The van der Waals surface area contributed by atoms with E-state index in [0.29, 0.717) is 6.04 Å². The molecule has 1 aromatic carbocycles. The Morgan fingerprint density at radius 1 is 1.13 bits per heavy atom. The fourth-order valence-electron chi connectivity index (χ4n) is 3.83. The molecule has 0 bridgehead atoms. The van der Waals surface area contributed by atoms with Crippen molar-refractivity contribution in [3.05, 3.63) is 30.1 Å². The van der Waals surface area contributed by atoms with E-state index >= 15 is 0 Å². The van der Waals surface area contributed by atoms with Crippen LogP contribution in [0.15, 0.2) is 24.3 Å². The Labute approximate surface area is 137 Å². The van der Waals surface area contributed by atoms with Gasteiger partial charge in [-0.3, -0.25) is 9.80 Å². The van der Waals surface area contributed by atoms with E-state index in [1.54, 1.807) is 0 Å². The minimum absolute atomic E-state index is 0.648. The Kier molecular flexibility index (Phi) is 4.60. The van der Waals surface area contributed by atoms with Crippen LogP contribution in [0.1, 0.15) is 25.1 Å². The topological polar surface area (TPSA) is 44.4 Å². The number of fused-ring (bicyclic) bond motifs is 1. The van der Waals surface area contributed by atoms with Gasteiger partial charge in [0.05, 0.1) is 30.8 Å². The predicted octanol–water partition coefficient (Wildman–Crippen LogP) is 2.25.